The zero-order valence-electron chi connectivity index (χ0n) is 29.8. The average molecular weight is 720 g/mol. The first kappa shape index (κ1) is 32.7. The van der Waals surface area contributed by atoms with Gasteiger partial charge in [-0.2, -0.15) is 0 Å². The summed E-state index contributed by atoms with van der Waals surface area (Å²) in [6, 6.07) is 62.4. The highest BCUT2D eigenvalue weighted by Gasteiger charge is 2.19. The Labute approximate surface area is 324 Å². The molecule has 0 saturated carbocycles. The van der Waals surface area contributed by atoms with Crippen molar-refractivity contribution < 1.29 is 0 Å². The van der Waals surface area contributed by atoms with Gasteiger partial charge in [-0.05, 0) is 79.5 Å². The first-order chi connectivity index (χ1) is 27.2. The minimum atomic E-state index is 0.681. The fourth-order valence-corrected chi connectivity index (χ4v) is 8.68. The second kappa shape index (κ2) is 14.2. The van der Waals surface area contributed by atoms with Gasteiger partial charge in [-0.15, -0.1) is 0 Å². The van der Waals surface area contributed by atoms with E-state index in [1.165, 1.54) is 42.8 Å². The molecule has 0 spiro atoms. The molecular weight excluding hydrogens is 687 g/mol. The van der Waals surface area contributed by atoms with E-state index in [9.17, 15) is 0 Å². The van der Waals surface area contributed by atoms with Crippen LogP contribution >= 0.6 is 11.8 Å². The Morgan fingerprint density at radius 2 is 1.07 bits per heavy atom. The largest absolute Gasteiger partial charge is 0.264 e. The van der Waals surface area contributed by atoms with E-state index >= 15 is 0 Å². The first-order valence-electron chi connectivity index (χ1n) is 18.4. The van der Waals surface area contributed by atoms with Gasteiger partial charge in [0.2, 0.25) is 0 Å². The van der Waals surface area contributed by atoms with E-state index in [0.717, 1.165) is 50.3 Å². The predicted molar refractivity (Wildman–Crippen MR) is 229 cm³/mol. The SMILES string of the molecule is C1=C\c2ccc(-c3cc(-c4ccccc4)nc(-c4ccc(-c5cccnc5)cc4)n3)cc2-c2ccc3ccccc3c2Sc2ccccc2-c2ccccc2/1. The van der Waals surface area contributed by atoms with Crippen molar-refractivity contribution in [3.05, 3.63) is 199 Å². The van der Waals surface area contributed by atoms with Crippen LogP contribution in [0, 0.1) is 0 Å². The molecule has 0 radical (unpaired) electrons. The lowest BCUT2D eigenvalue weighted by Gasteiger charge is -2.18. The van der Waals surface area contributed by atoms with Crippen molar-refractivity contribution in [2.24, 2.45) is 0 Å². The van der Waals surface area contributed by atoms with Crippen molar-refractivity contribution in [3.8, 4) is 67.3 Å². The summed E-state index contributed by atoms with van der Waals surface area (Å²) in [5.74, 6) is 0.681. The standard InChI is InChI=1S/C51H33N3S/c1-2-13-38(14-3-1)47-32-48(54-51(53-47)39-25-20-34(21-26-39)41-15-10-30-52-33-41)40-27-24-37-23-22-35-11-4-6-16-42(35)44-18-8-9-19-49(44)55-50-43-17-7-5-12-36(43)28-29-45(50)46(37)31-40/h1-33H/b23-22-. The van der Waals surface area contributed by atoms with Gasteiger partial charge in [-0.3, -0.25) is 4.98 Å². The number of hydrogen-bond donors (Lipinski definition) is 0. The number of pyridine rings is 1. The number of benzene rings is 7. The second-order valence-corrected chi connectivity index (χ2v) is 14.7. The molecule has 9 aromatic rings. The van der Waals surface area contributed by atoms with Crippen LogP contribution < -0.4 is 0 Å². The lowest BCUT2D eigenvalue weighted by molar-refractivity contribution is 1.18. The second-order valence-electron chi connectivity index (χ2n) is 13.6. The fourth-order valence-electron chi connectivity index (χ4n) is 7.44. The van der Waals surface area contributed by atoms with Crippen molar-refractivity contribution in [2.45, 2.75) is 9.79 Å². The quantitative estimate of drug-likeness (QED) is 0.182. The monoisotopic (exact) mass is 719 g/mol. The van der Waals surface area contributed by atoms with Crippen LogP contribution in [-0.2, 0) is 0 Å². The van der Waals surface area contributed by atoms with Crippen molar-refractivity contribution in [1.82, 2.24) is 15.0 Å². The van der Waals surface area contributed by atoms with E-state index in [1.807, 2.05) is 30.1 Å². The molecule has 258 valence electrons. The maximum Gasteiger partial charge on any atom is 0.160 e. The number of fused-ring (bicyclic) bond motifs is 8. The molecule has 0 amide bonds. The Morgan fingerprint density at radius 1 is 0.400 bits per heavy atom. The zero-order chi connectivity index (χ0) is 36.6. The molecule has 4 heteroatoms. The molecule has 0 N–H and O–H groups in total. The highest BCUT2D eigenvalue weighted by molar-refractivity contribution is 7.99. The molecule has 0 aliphatic carbocycles. The molecule has 0 fully saturated rings. The van der Waals surface area contributed by atoms with E-state index in [0.29, 0.717) is 5.82 Å². The summed E-state index contributed by atoms with van der Waals surface area (Å²) >= 11 is 1.85. The van der Waals surface area contributed by atoms with Crippen LogP contribution in [0.15, 0.2) is 198 Å². The average Bonchev–Trinajstić information content (AvgIpc) is 3.28. The highest BCUT2D eigenvalue weighted by Crippen LogP contribution is 2.47. The fraction of sp³-hybridized carbons (Fsp3) is 0. The summed E-state index contributed by atoms with van der Waals surface area (Å²) in [4.78, 5) is 17.2. The Bertz CT molecular complexity index is 2880. The van der Waals surface area contributed by atoms with E-state index < -0.39 is 0 Å². The summed E-state index contributed by atoms with van der Waals surface area (Å²) in [5, 5.41) is 2.45. The van der Waals surface area contributed by atoms with Crippen molar-refractivity contribution in [2.75, 3.05) is 0 Å². The summed E-state index contributed by atoms with van der Waals surface area (Å²) in [6.07, 6.45) is 8.20. The molecule has 2 aromatic heterocycles. The smallest absolute Gasteiger partial charge is 0.160 e. The van der Waals surface area contributed by atoms with Gasteiger partial charge in [0.05, 0.1) is 11.4 Å². The third-order valence-corrected chi connectivity index (χ3v) is 11.5. The van der Waals surface area contributed by atoms with Crippen LogP contribution in [0.25, 0.3) is 90.2 Å². The minimum Gasteiger partial charge on any atom is -0.264 e. The van der Waals surface area contributed by atoms with Crippen molar-refractivity contribution >= 4 is 34.7 Å². The van der Waals surface area contributed by atoms with Gasteiger partial charge in [0.1, 0.15) is 0 Å². The molecule has 55 heavy (non-hydrogen) atoms. The van der Waals surface area contributed by atoms with Gasteiger partial charge in [-0.25, -0.2) is 9.97 Å². The van der Waals surface area contributed by atoms with E-state index in [-0.39, 0.29) is 0 Å². The van der Waals surface area contributed by atoms with Crippen LogP contribution in [-0.4, -0.2) is 15.0 Å². The van der Waals surface area contributed by atoms with Crippen LogP contribution in [0.3, 0.4) is 0 Å². The lowest BCUT2D eigenvalue weighted by Crippen LogP contribution is -1.97. The molecule has 1 aliphatic rings. The normalized spacial score (nSPS) is 12.4. The van der Waals surface area contributed by atoms with Gasteiger partial charge in [-0.1, -0.05) is 176 Å². The predicted octanol–water partition coefficient (Wildman–Crippen LogP) is 13.7. The highest BCUT2D eigenvalue weighted by atomic mass is 32.2. The van der Waals surface area contributed by atoms with Gasteiger partial charge in [0, 0.05) is 38.9 Å². The third-order valence-electron chi connectivity index (χ3n) is 10.2. The molecule has 7 aromatic carbocycles. The zero-order valence-corrected chi connectivity index (χ0v) is 30.6. The molecule has 0 bridgehead atoms. The Balaban J connectivity index is 1.18. The molecular formula is C51H33N3S. The maximum absolute atomic E-state index is 5.26. The molecule has 1 aliphatic heterocycles. The number of hydrogen-bond acceptors (Lipinski definition) is 4. The first-order valence-corrected chi connectivity index (χ1v) is 19.2. The van der Waals surface area contributed by atoms with Crippen molar-refractivity contribution in [3.63, 3.8) is 0 Å². The lowest BCUT2D eigenvalue weighted by atomic mass is 9.93. The van der Waals surface area contributed by atoms with Crippen LogP contribution in [0.4, 0.5) is 0 Å². The molecule has 10 rings (SSSR count). The van der Waals surface area contributed by atoms with Crippen LogP contribution in [0.1, 0.15) is 11.1 Å². The topological polar surface area (TPSA) is 38.7 Å². The molecule has 0 atom stereocenters. The summed E-state index contributed by atoms with van der Waals surface area (Å²) in [5.41, 5.74) is 14.1. The summed E-state index contributed by atoms with van der Waals surface area (Å²) < 4.78 is 0. The van der Waals surface area contributed by atoms with Gasteiger partial charge < -0.3 is 0 Å². The van der Waals surface area contributed by atoms with Crippen LogP contribution in [0.5, 0.6) is 0 Å². The Kier molecular flexibility index (Phi) is 8.43. The van der Waals surface area contributed by atoms with E-state index in [1.54, 1.807) is 6.20 Å². The van der Waals surface area contributed by atoms with Gasteiger partial charge in [0.25, 0.3) is 0 Å². The minimum absolute atomic E-state index is 0.681. The molecule has 3 nitrogen and oxygen atoms in total. The summed E-state index contributed by atoms with van der Waals surface area (Å²) in [6.45, 7) is 0. The van der Waals surface area contributed by atoms with Crippen LogP contribution in [0.2, 0.25) is 0 Å². The number of aromatic nitrogens is 3. The molecule has 3 heterocycles. The molecule has 0 saturated heterocycles. The number of rotatable bonds is 4. The van der Waals surface area contributed by atoms with E-state index in [4.69, 9.17) is 9.97 Å². The van der Waals surface area contributed by atoms with E-state index in [2.05, 4.69) is 181 Å². The summed E-state index contributed by atoms with van der Waals surface area (Å²) in [7, 11) is 0. The Morgan fingerprint density at radius 3 is 1.91 bits per heavy atom. The van der Waals surface area contributed by atoms with Gasteiger partial charge >= 0.3 is 0 Å². The molecule has 0 unspecified atom stereocenters. The van der Waals surface area contributed by atoms with Gasteiger partial charge in [0.15, 0.2) is 5.82 Å². The third kappa shape index (κ3) is 6.33. The number of nitrogens with zero attached hydrogens (tertiary/aromatic N) is 3. The Hall–Kier alpha value is -6.88. The maximum atomic E-state index is 5.26. The van der Waals surface area contributed by atoms with Crippen molar-refractivity contribution in [1.29, 1.82) is 0 Å².